The molecule has 2 aromatic rings. The van der Waals surface area contributed by atoms with Crippen molar-refractivity contribution in [2.45, 2.75) is 11.8 Å². The molecule has 1 amide bonds. The largest absolute Gasteiger partial charge is 0.455 e. The second kappa shape index (κ2) is 8.70. The monoisotopic (exact) mass is 367 g/mol. The molecule has 0 atom stereocenters. The maximum atomic E-state index is 13.4. The second-order valence-electron chi connectivity index (χ2n) is 4.89. The SMILES string of the molecule is Cc1ccc(NC(=O)COC(=O)CSc2ccccc2F)cc1Cl. The van der Waals surface area contributed by atoms with Gasteiger partial charge in [0, 0.05) is 15.6 Å². The average molecular weight is 368 g/mol. The number of carbonyl (C=O) groups excluding carboxylic acids is 2. The lowest BCUT2D eigenvalue weighted by molar-refractivity contribution is -0.144. The third-order valence-electron chi connectivity index (χ3n) is 3.00. The normalized spacial score (nSPS) is 10.3. The molecule has 24 heavy (non-hydrogen) atoms. The topological polar surface area (TPSA) is 55.4 Å². The van der Waals surface area contributed by atoms with Gasteiger partial charge in [-0.1, -0.05) is 29.8 Å². The number of anilines is 1. The molecule has 2 aromatic carbocycles. The Labute approximate surface area is 148 Å². The van der Waals surface area contributed by atoms with Crippen LogP contribution < -0.4 is 5.32 Å². The highest BCUT2D eigenvalue weighted by molar-refractivity contribution is 8.00. The smallest absolute Gasteiger partial charge is 0.316 e. The number of halogens is 2. The van der Waals surface area contributed by atoms with E-state index in [1.807, 2.05) is 6.92 Å². The van der Waals surface area contributed by atoms with Crippen LogP contribution in [0.15, 0.2) is 47.4 Å². The van der Waals surface area contributed by atoms with Gasteiger partial charge in [-0.3, -0.25) is 9.59 Å². The molecule has 0 aliphatic rings. The van der Waals surface area contributed by atoms with E-state index in [1.54, 1.807) is 36.4 Å². The Bertz CT molecular complexity index is 754. The number of esters is 1. The molecule has 0 fully saturated rings. The Morgan fingerprint density at radius 3 is 2.71 bits per heavy atom. The summed E-state index contributed by atoms with van der Waals surface area (Å²) in [6.07, 6.45) is 0. The van der Waals surface area contributed by atoms with E-state index < -0.39 is 24.3 Å². The quantitative estimate of drug-likeness (QED) is 0.618. The van der Waals surface area contributed by atoms with Gasteiger partial charge in [-0.2, -0.15) is 0 Å². The molecule has 0 aliphatic heterocycles. The molecule has 0 aromatic heterocycles. The Hall–Kier alpha value is -2.05. The maximum absolute atomic E-state index is 13.4. The fourth-order valence-electron chi connectivity index (χ4n) is 1.75. The number of ether oxygens (including phenoxy) is 1. The number of hydrogen-bond acceptors (Lipinski definition) is 4. The van der Waals surface area contributed by atoms with Crippen molar-refractivity contribution in [1.29, 1.82) is 0 Å². The number of benzene rings is 2. The average Bonchev–Trinajstić information content (AvgIpc) is 2.55. The highest BCUT2D eigenvalue weighted by Crippen LogP contribution is 2.21. The fraction of sp³-hybridized carbons (Fsp3) is 0.176. The number of rotatable bonds is 6. The molecule has 126 valence electrons. The van der Waals surface area contributed by atoms with Crippen LogP contribution in [0.2, 0.25) is 5.02 Å². The van der Waals surface area contributed by atoms with Crippen LogP contribution in [0.5, 0.6) is 0 Å². The van der Waals surface area contributed by atoms with Crippen LogP contribution in [0.4, 0.5) is 10.1 Å². The lowest BCUT2D eigenvalue weighted by atomic mass is 10.2. The van der Waals surface area contributed by atoms with Crippen molar-refractivity contribution in [1.82, 2.24) is 0 Å². The molecule has 2 rings (SSSR count). The predicted molar refractivity (Wildman–Crippen MR) is 92.9 cm³/mol. The molecule has 0 unspecified atom stereocenters. The molecule has 0 radical (unpaired) electrons. The first-order valence-corrected chi connectivity index (χ1v) is 8.41. The van der Waals surface area contributed by atoms with Gasteiger partial charge >= 0.3 is 5.97 Å². The molecular weight excluding hydrogens is 353 g/mol. The van der Waals surface area contributed by atoms with E-state index in [0.717, 1.165) is 17.3 Å². The third-order valence-corrected chi connectivity index (χ3v) is 4.43. The molecule has 0 saturated heterocycles. The van der Waals surface area contributed by atoms with Gasteiger partial charge in [-0.25, -0.2) is 4.39 Å². The summed E-state index contributed by atoms with van der Waals surface area (Å²) in [5.74, 6) is -1.55. The fourth-order valence-corrected chi connectivity index (χ4v) is 2.67. The van der Waals surface area contributed by atoms with E-state index in [4.69, 9.17) is 16.3 Å². The van der Waals surface area contributed by atoms with E-state index in [-0.39, 0.29) is 5.75 Å². The Morgan fingerprint density at radius 2 is 2.00 bits per heavy atom. The van der Waals surface area contributed by atoms with Gasteiger partial charge in [0.25, 0.3) is 5.91 Å². The minimum absolute atomic E-state index is 0.0788. The zero-order chi connectivity index (χ0) is 17.5. The first-order chi connectivity index (χ1) is 11.5. The zero-order valence-electron chi connectivity index (χ0n) is 12.8. The van der Waals surface area contributed by atoms with Crippen molar-refractivity contribution in [3.63, 3.8) is 0 Å². The van der Waals surface area contributed by atoms with Gasteiger partial charge in [0.1, 0.15) is 5.82 Å². The van der Waals surface area contributed by atoms with Crippen molar-refractivity contribution in [2.24, 2.45) is 0 Å². The molecule has 0 bridgehead atoms. The zero-order valence-corrected chi connectivity index (χ0v) is 14.4. The van der Waals surface area contributed by atoms with Crippen molar-refractivity contribution in [3.8, 4) is 0 Å². The van der Waals surface area contributed by atoms with Gasteiger partial charge in [0.15, 0.2) is 6.61 Å². The van der Waals surface area contributed by atoms with E-state index in [0.29, 0.717) is 15.6 Å². The minimum atomic E-state index is -0.597. The highest BCUT2D eigenvalue weighted by Gasteiger charge is 2.10. The van der Waals surface area contributed by atoms with Crippen LogP contribution in [-0.2, 0) is 14.3 Å². The molecule has 7 heteroatoms. The van der Waals surface area contributed by atoms with Crippen molar-refractivity contribution in [3.05, 3.63) is 58.9 Å². The Kier molecular flexibility index (Phi) is 6.63. The summed E-state index contributed by atoms with van der Waals surface area (Å²) in [6.45, 7) is 1.44. The summed E-state index contributed by atoms with van der Waals surface area (Å²) < 4.78 is 18.3. The predicted octanol–water partition coefficient (Wildman–Crippen LogP) is 4.06. The number of aryl methyl sites for hydroxylation is 1. The summed E-state index contributed by atoms with van der Waals surface area (Å²) in [6, 6.07) is 11.2. The van der Waals surface area contributed by atoms with E-state index in [9.17, 15) is 14.0 Å². The van der Waals surface area contributed by atoms with Crippen LogP contribution in [-0.4, -0.2) is 24.2 Å². The van der Waals surface area contributed by atoms with Crippen LogP contribution in [0.3, 0.4) is 0 Å². The number of carbonyl (C=O) groups is 2. The van der Waals surface area contributed by atoms with Gasteiger partial charge in [0.2, 0.25) is 0 Å². The third kappa shape index (κ3) is 5.54. The van der Waals surface area contributed by atoms with Crippen molar-refractivity contribution >= 4 is 40.9 Å². The van der Waals surface area contributed by atoms with Crippen LogP contribution in [0, 0.1) is 12.7 Å². The number of hydrogen-bond donors (Lipinski definition) is 1. The number of amides is 1. The van der Waals surface area contributed by atoms with Crippen LogP contribution >= 0.6 is 23.4 Å². The van der Waals surface area contributed by atoms with Gasteiger partial charge in [-0.15, -0.1) is 11.8 Å². The molecular formula is C17H15ClFNO3S. The highest BCUT2D eigenvalue weighted by atomic mass is 35.5. The van der Waals surface area contributed by atoms with Crippen molar-refractivity contribution < 1.29 is 18.7 Å². The molecule has 1 N–H and O–H groups in total. The van der Waals surface area contributed by atoms with Crippen molar-refractivity contribution in [2.75, 3.05) is 17.7 Å². The first kappa shape index (κ1) is 18.3. The molecule has 0 saturated carbocycles. The number of nitrogens with one attached hydrogen (secondary N) is 1. The van der Waals surface area contributed by atoms with Crippen LogP contribution in [0.1, 0.15) is 5.56 Å². The molecule has 4 nitrogen and oxygen atoms in total. The summed E-state index contributed by atoms with van der Waals surface area (Å²) in [5, 5.41) is 3.11. The summed E-state index contributed by atoms with van der Waals surface area (Å²) >= 11 is 6.98. The van der Waals surface area contributed by atoms with E-state index in [2.05, 4.69) is 5.32 Å². The minimum Gasteiger partial charge on any atom is -0.455 e. The summed E-state index contributed by atoms with van der Waals surface area (Å²) in [5.41, 5.74) is 1.42. The first-order valence-electron chi connectivity index (χ1n) is 7.04. The molecule has 0 spiro atoms. The maximum Gasteiger partial charge on any atom is 0.316 e. The van der Waals surface area contributed by atoms with Gasteiger partial charge < -0.3 is 10.1 Å². The molecule has 0 heterocycles. The Morgan fingerprint density at radius 1 is 1.25 bits per heavy atom. The van der Waals surface area contributed by atoms with Crippen LogP contribution in [0.25, 0.3) is 0 Å². The number of thioether (sulfide) groups is 1. The van der Waals surface area contributed by atoms with E-state index >= 15 is 0 Å². The molecule has 0 aliphatic carbocycles. The Balaban J connectivity index is 1.76. The van der Waals surface area contributed by atoms with Gasteiger partial charge in [0.05, 0.1) is 5.75 Å². The van der Waals surface area contributed by atoms with Gasteiger partial charge in [-0.05, 0) is 36.8 Å². The second-order valence-corrected chi connectivity index (χ2v) is 6.32. The lowest BCUT2D eigenvalue weighted by Crippen LogP contribution is -2.21. The summed E-state index contributed by atoms with van der Waals surface area (Å²) in [7, 11) is 0. The summed E-state index contributed by atoms with van der Waals surface area (Å²) in [4.78, 5) is 23.7. The lowest BCUT2D eigenvalue weighted by Gasteiger charge is -2.08. The standard InChI is InChI=1S/C17H15ClFNO3S/c1-11-6-7-12(8-13(11)18)20-16(21)9-23-17(22)10-24-15-5-3-2-4-14(15)19/h2-8H,9-10H2,1H3,(H,20,21). The van der Waals surface area contributed by atoms with E-state index in [1.165, 1.54) is 6.07 Å².